The molecule has 0 saturated carbocycles. The molecule has 0 saturated heterocycles. The number of benzene rings is 1. The molecule has 1 aromatic rings. The molecule has 0 amide bonds. The topological polar surface area (TPSA) is 26.3 Å². The zero-order chi connectivity index (χ0) is 10.1. The van der Waals surface area contributed by atoms with Crippen LogP contribution in [0.25, 0.3) is 0 Å². The van der Waals surface area contributed by atoms with E-state index in [1.807, 2.05) is 0 Å². The van der Waals surface area contributed by atoms with E-state index in [1.54, 1.807) is 18.2 Å². The molecule has 1 heterocycles. The van der Waals surface area contributed by atoms with Gasteiger partial charge in [0.25, 0.3) is 0 Å². The van der Waals surface area contributed by atoms with Gasteiger partial charge in [0.1, 0.15) is 24.1 Å². The number of carbonyl (C=O) groups excluding carboxylic acids is 1. The lowest BCUT2D eigenvalue weighted by Gasteiger charge is -2.19. The molecule has 0 spiro atoms. The van der Waals surface area contributed by atoms with Gasteiger partial charge in [-0.25, -0.2) is 4.39 Å². The number of ether oxygens (including phenoxy) is 1. The molecule has 4 heteroatoms. The molecule has 14 heavy (non-hydrogen) atoms. The summed E-state index contributed by atoms with van der Waals surface area (Å²) >= 11 is 3.27. The van der Waals surface area contributed by atoms with Crippen molar-refractivity contribution in [1.82, 2.24) is 0 Å². The summed E-state index contributed by atoms with van der Waals surface area (Å²) in [6.07, 6.45) is 1.53. The molecule has 1 aliphatic rings. The van der Waals surface area contributed by atoms with Crippen molar-refractivity contribution in [2.45, 2.75) is 5.92 Å². The van der Waals surface area contributed by atoms with E-state index in [1.165, 1.54) is 0 Å². The first kappa shape index (κ1) is 9.40. The maximum atomic E-state index is 13.1. The smallest absolute Gasteiger partial charge is 0.150 e. The molecule has 2 rings (SSSR count). The van der Waals surface area contributed by atoms with Gasteiger partial charge in [0.15, 0.2) is 0 Å². The fourth-order valence-electron chi connectivity index (χ4n) is 1.37. The second kappa shape index (κ2) is 3.53. The Hall–Kier alpha value is -1.16. The van der Waals surface area contributed by atoms with Gasteiger partial charge >= 0.3 is 0 Å². The lowest BCUT2D eigenvalue weighted by Crippen LogP contribution is -2.09. The van der Waals surface area contributed by atoms with Crippen LogP contribution in [0.3, 0.4) is 0 Å². The Morgan fingerprint density at radius 3 is 3.00 bits per heavy atom. The van der Waals surface area contributed by atoms with Gasteiger partial charge in [-0.3, -0.25) is 0 Å². The van der Waals surface area contributed by atoms with E-state index >= 15 is 0 Å². The third-order valence-electron chi connectivity index (χ3n) is 2.06. The van der Waals surface area contributed by atoms with E-state index in [2.05, 4.69) is 15.9 Å². The quantitative estimate of drug-likeness (QED) is 0.723. The van der Waals surface area contributed by atoms with Crippen molar-refractivity contribution in [3.05, 3.63) is 40.3 Å². The number of allylic oxidation sites excluding steroid dienone is 1. The normalized spacial score (nSPS) is 19.3. The first-order valence-electron chi connectivity index (χ1n) is 4.00. The van der Waals surface area contributed by atoms with Crippen LogP contribution in [0.1, 0.15) is 11.5 Å². The number of carbonyl (C=O) groups is 1. The zero-order valence-electron chi connectivity index (χ0n) is 7.04. The van der Waals surface area contributed by atoms with Crippen molar-refractivity contribution in [2.75, 3.05) is 0 Å². The summed E-state index contributed by atoms with van der Waals surface area (Å²) in [5.74, 6) is -0.896. The highest BCUT2D eigenvalue weighted by atomic mass is 79.9. The highest BCUT2D eigenvalue weighted by molar-refractivity contribution is 9.10. The number of hydrogen-bond donors (Lipinski definition) is 0. The van der Waals surface area contributed by atoms with Gasteiger partial charge in [-0.2, -0.15) is 0 Å². The molecule has 0 aromatic heterocycles. The molecule has 1 aromatic carbocycles. The predicted octanol–water partition coefficient (Wildman–Crippen LogP) is 2.93. The zero-order valence-corrected chi connectivity index (χ0v) is 8.62. The summed E-state index contributed by atoms with van der Waals surface area (Å²) in [6.45, 7) is 0. The van der Waals surface area contributed by atoms with Crippen LogP contribution in [0.15, 0.2) is 34.8 Å². The van der Waals surface area contributed by atoms with Crippen LogP contribution in [0.5, 0.6) is 5.75 Å². The number of halogens is 2. The highest BCUT2D eigenvalue weighted by Crippen LogP contribution is 2.39. The van der Waals surface area contributed by atoms with Gasteiger partial charge in [-0.1, -0.05) is 12.1 Å². The molecule has 1 aliphatic heterocycles. The lowest BCUT2D eigenvalue weighted by molar-refractivity contribution is -0.108. The Bertz CT molecular complexity index is 415. The van der Waals surface area contributed by atoms with E-state index in [9.17, 15) is 9.18 Å². The van der Waals surface area contributed by atoms with Crippen LogP contribution in [0.2, 0.25) is 0 Å². The monoisotopic (exact) mass is 256 g/mol. The average Bonchev–Trinajstić information content (AvgIpc) is 2.18. The van der Waals surface area contributed by atoms with E-state index in [0.29, 0.717) is 22.1 Å². The molecule has 0 bridgehead atoms. The summed E-state index contributed by atoms with van der Waals surface area (Å²) < 4.78 is 18.9. The van der Waals surface area contributed by atoms with Crippen LogP contribution >= 0.6 is 15.9 Å². The van der Waals surface area contributed by atoms with Gasteiger partial charge in [0.2, 0.25) is 0 Å². The minimum absolute atomic E-state index is 0.506. The van der Waals surface area contributed by atoms with Crippen LogP contribution in [0.4, 0.5) is 4.39 Å². The maximum Gasteiger partial charge on any atom is 0.150 e. The molecule has 2 nitrogen and oxygen atoms in total. The molecule has 0 fully saturated rings. The molecule has 72 valence electrons. The predicted molar refractivity (Wildman–Crippen MR) is 52.8 cm³/mol. The van der Waals surface area contributed by atoms with Gasteiger partial charge < -0.3 is 9.53 Å². The largest absolute Gasteiger partial charge is 0.461 e. The Kier molecular flexibility index (Phi) is 2.37. The van der Waals surface area contributed by atoms with Crippen LogP contribution in [0, 0.1) is 0 Å². The van der Waals surface area contributed by atoms with Crippen molar-refractivity contribution in [1.29, 1.82) is 0 Å². The average molecular weight is 257 g/mol. The van der Waals surface area contributed by atoms with Crippen LogP contribution in [-0.4, -0.2) is 6.29 Å². The number of hydrogen-bond acceptors (Lipinski definition) is 2. The standard InChI is InChI=1S/C10H6BrFO2/c11-8-3-1-2-6-7(4-13)9(12)5-14-10(6)8/h1-5,7H. The second-order valence-corrected chi connectivity index (χ2v) is 3.75. The van der Waals surface area contributed by atoms with Crippen LogP contribution in [-0.2, 0) is 4.79 Å². The first-order valence-corrected chi connectivity index (χ1v) is 4.79. The molecule has 0 radical (unpaired) electrons. The Labute approximate surface area is 88.5 Å². The number of para-hydroxylation sites is 1. The fraction of sp³-hybridized carbons (Fsp3) is 0.100. The van der Waals surface area contributed by atoms with E-state index < -0.39 is 11.7 Å². The third kappa shape index (κ3) is 1.35. The summed E-state index contributed by atoms with van der Waals surface area (Å²) in [5.41, 5.74) is 0.550. The fourth-order valence-corrected chi connectivity index (χ4v) is 1.85. The maximum absolute atomic E-state index is 13.1. The summed E-state index contributed by atoms with van der Waals surface area (Å²) in [4.78, 5) is 10.7. The SMILES string of the molecule is O=CC1C(F)=COc2c(Br)cccc21. The van der Waals surface area contributed by atoms with Gasteiger partial charge in [0, 0.05) is 5.56 Å². The first-order chi connectivity index (χ1) is 6.74. The second-order valence-electron chi connectivity index (χ2n) is 2.89. The molecule has 1 unspecified atom stereocenters. The van der Waals surface area contributed by atoms with Crippen molar-refractivity contribution in [2.24, 2.45) is 0 Å². The number of aldehydes is 1. The van der Waals surface area contributed by atoms with E-state index in [-0.39, 0.29) is 0 Å². The van der Waals surface area contributed by atoms with Gasteiger partial charge in [0.05, 0.1) is 10.4 Å². The highest BCUT2D eigenvalue weighted by Gasteiger charge is 2.25. The van der Waals surface area contributed by atoms with E-state index in [4.69, 9.17) is 4.74 Å². The molecular weight excluding hydrogens is 251 g/mol. The minimum Gasteiger partial charge on any atom is -0.461 e. The molecule has 1 atom stereocenters. The van der Waals surface area contributed by atoms with E-state index in [0.717, 1.165) is 6.26 Å². The van der Waals surface area contributed by atoms with Gasteiger partial charge in [-0.05, 0) is 22.0 Å². The van der Waals surface area contributed by atoms with Gasteiger partial charge in [-0.15, -0.1) is 0 Å². The minimum atomic E-state index is -0.837. The number of fused-ring (bicyclic) bond motifs is 1. The van der Waals surface area contributed by atoms with Crippen molar-refractivity contribution in [3.63, 3.8) is 0 Å². The molecular formula is C10H6BrFO2. The third-order valence-corrected chi connectivity index (χ3v) is 2.68. The summed E-state index contributed by atoms with van der Waals surface area (Å²) in [6, 6.07) is 5.19. The summed E-state index contributed by atoms with van der Waals surface area (Å²) in [5, 5.41) is 0. The Morgan fingerprint density at radius 2 is 2.29 bits per heavy atom. The lowest BCUT2D eigenvalue weighted by atomic mass is 9.97. The summed E-state index contributed by atoms with van der Waals surface area (Å²) in [7, 11) is 0. The van der Waals surface area contributed by atoms with Crippen molar-refractivity contribution < 1.29 is 13.9 Å². The Balaban J connectivity index is 2.58. The molecule has 0 N–H and O–H groups in total. The van der Waals surface area contributed by atoms with Crippen molar-refractivity contribution in [3.8, 4) is 5.75 Å². The Morgan fingerprint density at radius 1 is 1.50 bits per heavy atom. The number of rotatable bonds is 1. The van der Waals surface area contributed by atoms with Crippen molar-refractivity contribution >= 4 is 22.2 Å². The van der Waals surface area contributed by atoms with Crippen LogP contribution < -0.4 is 4.74 Å². The molecule has 0 aliphatic carbocycles.